The van der Waals surface area contributed by atoms with Gasteiger partial charge in [0, 0.05) is 11.1 Å². The number of hydrogen-bond acceptors (Lipinski definition) is 4. The third kappa shape index (κ3) is 2.99. The molecule has 6 heteroatoms. The highest BCUT2D eigenvalue weighted by molar-refractivity contribution is 7.14. The summed E-state index contributed by atoms with van der Waals surface area (Å²) in [7, 11) is 0. The molecule has 20 heavy (non-hydrogen) atoms. The number of carbonyl (C=O) groups is 1. The maximum absolute atomic E-state index is 12.2. The van der Waals surface area contributed by atoms with Crippen LogP contribution in [0.15, 0.2) is 18.3 Å². The van der Waals surface area contributed by atoms with Crippen LogP contribution in [0.3, 0.4) is 0 Å². The molecule has 1 aliphatic carbocycles. The smallest absolute Gasteiger partial charge is 0.268 e. The van der Waals surface area contributed by atoms with Crippen molar-refractivity contribution in [3.05, 3.63) is 38.8 Å². The van der Waals surface area contributed by atoms with Crippen LogP contribution < -0.4 is 5.32 Å². The van der Waals surface area contributed by atoms with Crippen molar-refractivity contribution in [2.45, 2.75) is 32.1 Å². The zero-order valence-corrected chi connectivity index (χ0v) is 12.4. The molecule has 2 aromatic rings. The van der Waals surface area contributed by atoms with Crippen molar-refractivity contribution in [1.29, 1.82) is 0 Å². The van der Waals surface area contributed by atoms with Gasteiger partial charge >= 0.3 is 0 Å². The third-order valence-electron chi connectivity index (χ3n) is 3.32. The molecule has 0 aromatic carbocycles. The zero-order valence-electron chi connectivity index (χ0n) is 10.9. The molecule has 0 fully saturated rings. The van der Waals surface area contributed by atoms with Crippen LogP contribution >= 0.6 is 22.9 Å². The Morgan fingerprint density at radius 1 is 1.30 bits per heavy atom. The summed E-state index contributed by atoms with van der Waals surface area (Å²) in [5, 5.41) is 3.01. The van der Waals surface area contributed by atoms with Gasteiger partial charge in [-0.1, -0.05) is 18.0 Å². The van der Waals surface area contributed by atoms with Crippen molar-refractivity contribution in [1.82, 2.24) is 9.97 Å². The van der Waals surface area contributed by atoms with E-state index in [9.17, 15) is 4.79 Å². The highest BCUT2D eigenvalue weighted by Crippen LogP contribution is 2.29. The van der Waals surface area contributed by atoms with Gasteiger partial charge in [0.05, 0.1) is 4.88 Å². The number of amides is 1. The predicted molar refractivity (Wildman–Crippen MR) is 80.6 cm³/mol. The Kier molecular flexibility index (Phi) is 3.98. The Morgan fingerprint density at radius 2 is 2.15 bits per heavy atom. The van der Waals surface area contributed by atoms with Crippen LogP contribution in [-0.2, 0) is 12.8 Å². The number of fused-ring (bicyclic) bond motifs is 1. The summed E-state index contributed by atoms with van der Waals surface area (Å²) in [6.45, 7) is 0. The summed E-state index contributed by atoms with van der Waals surface area (Å²) in [5.41, 5.74) is 1.32. The Labute approximate surface area is 126 Å². The van der Waals surface area contributed by atoms with Gasteiger partial charge in [0.1, 0.15) is 5.15 Å². The molecule has 0 atom stereocenters. The molecule has 1 amide bonds. The Morgan fingerprint density at radius 3 is 3.00 bits per heavy atom. The minimum atomic E-state index is -0.162. The van der Waals surface area contributed by atoms with Crippen molar-refractivity contribution in [3.8, 4) is 0 Å². The van der Waals surface area contributed by atoms with Gasteiger partial charge < -0.3 is 0 Å². The van der Waals surface area contributed by atoms with Gasteiger partial charge in [-0.2, -0.15) is 0 Å². The molecule has 2 aromatic heterocycles. The van der Waals surface area contributed by atoms with Crippen LogP contribution in [-0.4, -0.2) is 15.9 Å². The van der Waals surface area contributed by atoms with Crippen LogP contribution in [0, 0.1) is 0 Å². The molecule has 2 heterocycles. The van der Waals surface area contributed by atoms with Gasteiger partial charge in [0.2, 0.25) is 5.95 Å². The van der Waals surface area contributed by atoms with Crippen molar-refractivity contribution in [2.75, 3.05) is 5.32 Å². The van der Waals surface area contributed by atoms with Crippen molar-refractivity contribution < 1.29 is 4.79 Å². The maximum atomic E-state index is 12.2. The van der Waals surface area contributed by atoms with Crippen molar-refractivity contribution in [2.24, 2.45) is 0 Å². The Bertz CT molecular complexity index is 618. The summed E-state index contributed by atoms with van der Waals surface area (Å²) < 4.78 is 0. The fraction of sp³-hybridized carbons (Fsp3) is 0.357. The standard InChI is InChI=1S/C14H14ClN3OS/c15-12-6-7-16-14(17-12)18-13(19)11-8-9-4-2-1-3-5-10(9)20-11/h6-8H,1-5H2,(H,16,17,18,19). The Hall–Kier alpha value is -1.46. The van der Waals surface area contributed by atoms with Gasteiger partial charge in [-0.15, -0.1) is 11.3 Å². The van der Waals surface area contributed by atoms with Crippen LogP contribution in [0.25, 0.3) is 0 Å². The summed E-state index contributed by atoms with van der Waals surface area (Å²) >= 11 is 7.35. The fourth-order valence-electron chi connectivity index (χ4n) is 2.34. The molecule has 104 valence electrons. The molecule has 0 spiro atoms. The van der Waals surface area contributed by atoms with E-state index in [0.717, 1.165) is 17.7 Å². The lowest BCUT2D eigenvalue weighted by atomic mass is 10.1. The molecule has 0 unspecified atom stereocenters. The number of nitrogens with one attached hydrogen (secondary N) is 1. The largest absolute Gasteiger partial charge is 0.290 e. The predicted octanol–water partition coefficient (Wildman–Crippen LogP) is 3.71. The van der Waals surface area contributed by atoms with E-state index < -0.39 is 0 Å². The minimum Gasteiger partial charge on any atom is -0.290 e. The first kappa shape index (κ1) is 13.5. The molecule has 1 aliphatic rings. The monoisotopic (exact) mass is 307 g/mol. The van der Waals surface area contributed by atoms with Crippen LogP contribution in [0.2, 0.25) is 5.15 Å². The number of rotatable bonds is 2. The lowest BCUT2D eigenvalue weighted by Crippen LogP contribution is -2.12. The van der Waals surface area contributed by atoms with Gasteiger partial charge in [-0.05, 0) is 43.4 Å². The number of thiophene rings is 1. The number of aromatic nitrogens is 2. The summed E-state index contributed by atoms with van der Waals surface area (Å²) in [6, 6.07) is 3.58. The molecular weight excluding hydrogens is 294 g/mol. The first-order valence-electron chi connectivity index (χ1n) is 6.64. The molecule has 0 aliphatic heterocycles. The van der Waals surface area contributed by atoms with E-state index >= 15 is 0 Å². The van der Waals surface area contributed by atoms with Gasteiger partial charge in [0.15, 0.2) is 0 Å². The van der Waals surface area contributed by atoms with E-state index in [1.165, 1.54) is 35.9 Å². The van der Waals surface area contributed by atoms with E-state index in [-0.39, 0.29) is 11.9 Å². The van der Waals surface area contributed by atoms with Gasteiger partial charge in [-0.3, -0.25) is 10.1 Å². The number of anilines is 1. The number of halogens is 1. The lowest BCUT2D eigenvalue weighted by Gasteiger charge is -2.01. The zero-order chi connectivity index (χ0) is 13.9. The molecule has 0 saturated carbocycles. The third-order valence-corrected chi connectivity index (χ3v) is 4.76. The fourth-order valence-corrected chi connectivity index (χ4v) is 3.62. The number of carbonyl (C=O) groups excluding carboxylic acids is 1. The second-order valence-corrected chi connectivity index (χ2v) is 6.30. The first-order chi connectivity index (χ1) is 9.72. The highest BCUT2D eigenvalue weighted by Gasteiger charge is 2.17. The Balaban J connectivity index is 1.77. The molecule has 0 bridgehead atoms. The highest BCUT2D eigenvalue weighted by atomic mass is 35.5. The molecule has 1 N–H and O–H groups in total. The molecule has 4 nitrogen and oxygen atoms in total. The van der Waals surface area contributed by atoms with Crippen LogP contribution in [0.4, 0.5) is 5.95 Å². The SMILES string of the molecule is O=C(Nc1nccc(Cl)n1)c1cc2c(s1)CCCCC2. The van der Waals surface area contributed by atoms with Crippen molar-refractivity contribution in [3.63, 3.8) is 0 Å². The minimum absolute atomic E-state index is 0.162. The second kappa shape index (κ2) is 5.89. The summed E-state index contributed by atoms with van der Waals surface area (Å²) in [6.07, 6.45) is 7.38. The number of aryl methyl sites for hydroxylation is 2. The van der Waals surface area contributed by atoms with Crippen molar-refractivity contribution >= 4 is 34.8 Å². The number of nitrogens with zero attached hydrogens (tertiary/aromatic N) is 2. The molecular formula is C14H14ClN3OS. The summed E-state index contributed by atoms with van der Waals surface area (Å²) in [4.78, 5) is 22.2. The van der Waals surface area contributed by atoms with E-state index in [2.05, 4.69) is 15.3 Å². The average molecular weight is 308 g/mol. The van der Waals surface area contributed by atoms with E-state index in [4.69, 9.17) is 11.6 Å². The maximum Gasteiger partial charge on any atom is 0.268 e. The van der Waals surface area contributed by atoms with E-state index in [1.807, 2.05) is 6.07 Å². The quantitative estimate of drug-likeness (QED) is 0.679. The van der Waals surface area contributed by atoms with E-state index in [1.54, 1.807) is 17.4 Å². The molecule has 3 rings (SSSR count). The normalized spacial score (nSPS) is 14.4. The van der Waals surface area contributed by atoms with Crippen LogP contribution in [0.1, 0.15) is 39.4 Å². The summed E-state index contributed by atoms with van der Waals surface area (Å²) in [5.74, 6) is 0.0800. The van der Waals surface area contributed by atoms with Crippen LogP contribution in [0.5, 0.6) is 0 Å². The second-order valence-electron chi connectivity index (χ2n) is 4.78. The average Bonchev–Trinajstić information content (AvgIpc) is 2.70. The molecule has 0 radical (unpaired) electrons. The van der Waals surface area contributed by atoms with Gasteiger partial charge in [0.25, 0.3) is 5.91 Å². The lowest BCUT2D eigenvalue weighted by molar-refractivity contribution is 0.102. The first-order valence-corrected chi connectivity index (χ1v) is 7.83. The molecule has 0 saturated heterocycles. The van der Waals surface area contributed by atoms with E-state index in [0.29, 0.717) is 5.15 Å². The number of hydrogen-bond donors (Lipinski definition) is 1. The van der Waals surface area contributed by atoms with Gasteiger partial charge in [-0.25, -0.2) is 9.97 Å². The topological polar surface area (TPSA) is 54.9 Å².